The lowest BCUT2D eigenvalue weighted by atomic mass is 10.0. The summed E-state index contributed by atoms with van der Waals surface area (Å²) in [5.41, 5.74) is -1.90. The molecule has 0 aromatic heterocycles. The number of ketones is 2. The van der Waals surface area contributed by atoms with Gasteiger partial charge in [-0.3, -0.25) is 29.0 Å². The number of aromatic carboxylic acids is 2. The van der Waals surface area contributed by atoms with Crippen LogP contribution in [-0.4, -0.2) is 55.7 Å². The Morgan fingerprint density at radius 1 is 0.575 bits per heavy atom. The summed E-state index contributed by atoms with van der Waals surface area (Å²) in [4.78, 5) is 76.7. The van der Waals surface area contributed by atoms with Crippen molar-refractivity contribution in [3.05, 3.63) is 70.1 Å². The highest BCUT2D eigenvalue weighted by Gasteiger charge is 2.44. The third-order valence-corrected chi connectivity index (χ3v) is 6.63. The quantitative estimate of drug-likeness (QED) is 0.331. The number of rotatable bonds is 6. The molecular formula is C28H18N2O10. The van der Waals surface area contributed by atoms with E-state index < -0.39 is 58.0 Å². The summed E-state index contributed by atoms with van der Waals surface area (Å²) < 4.78 is 0. The first-order valence-corrected chi connectivity index (χ1v) is 11.6. The zero-order chi connectivity index (χ0) is 29.2. The molecular weight excluding hydrogens is 524 g/mol. The first-order valence-electron chi connectivity index (χ1n) is 11.6. The van der Waals surface area contributed by atoms with E-state index in [1.807, 2.05) is 0 Å². The summed E-state index contributed by atoms with van der Waals surface area (Å²) in [6.07, 6.45) is 0. The largest absolute Gasteiger partial charge is 0.505 e. The number of hydrogen-bond acceptors (Lipinski definition) is 8. The second-order valence-electron chi connectivity index (χ2n) is 8.99. The Morgan fingerprint density at radius 3 is 1.12 bits per heavy atom. The Hall–Kier alpha value is -5.78. The van der Waals surface area contributed by atoms with Crippen molar-refractivity contribution in [1.82, 2.24) is 0 Å². The lowest BCUT2D eigenvalue weighted by Crippen LogP contribution is -2.26. The Labute approximate surface area is 223 Å². The van der Waals surface area contributed by atoms with Gasteiger partial charge in [-0.1, -0.05) is 0 Å². The van der Waals surface area contributed by atoms with Crippen molar-refractivity contribution >= 4 is 69.2 Å². The fourth-order valence-electron chi connectivity index (χ4n) is 4.90. The standard InChI is InChI=1S/C28H18N2O10/c1-11(31)17-19-21(29(25(17)35)15-7-3-13(4-8-15)27(37)38)24(34)20-18(12(2)32)26(36)30(22(20)23(19)33)16-9-5-14(6-10-16)28(39)40/h3-10,33-34H,1-2H3,(H,37,38)(H,39,40). The molecule has 12 nitrogen and oxygen atoms in total. The number of fused-ring (bicyclic) bond motifs is 2. The highest BCUT2D eigenvalue weighted by molar-refractivity contribution is 6.50. The van der Waals surface area contributed by atoms with Gasteiger partial charge in [0.2, 0.25) is 0 Å². The van der Waals surface area contributed by atoms with Crippen molar-refractivity contribution in [1.29, 1.82) is 0 Å². The van der Waals surface area contributed by atoms with Crippen LogP contribution in [0.2, 0.25) is 0 Å². The molecule has 2 aliphatic rings. The first kappa shape index (κ1) is 25.9. The number of carboxylic acid groups (broad SMARTS) is 2. The van der Waals surface area contributed by atoms with Crippen LogP contribution in [-0.2, 0) is 19.2 Å². The predicted molar refractivity (Wildman–Crippen MR) is 138 cm³/mol. The minimum atomic E-state index is -1.23. The average molecular weight is 542 g/mol. The van der Waals surface area contributed by atoms with Gasteiger partial charge in [0.15, 0.2) is 23.1 Å². The van der Waals surface area contributed by atoms with Gasteiger partial charge in [0, 0.05) is 11.4 Å². The number of phenols is 2. The normalized spacial score (nSPS) is 13.9. The van der Waals surface area contributed by atoms with E-state index in [-0.39, 0.29) is 44.3 Å². The molecule has 2 aliphatic heterocycles. The zero-order valence-corrected chi connectivity index (χ0v) is 20.8. The van der Waals surface area contributed by atoms with Gasteiger partial charge in [0.25, 0.3) is 11.8 Å². The molecule has 5 rings (SSSR count). The lowest BCUT2D eigenvalue weighted by molar-refractivity contribution is -0.118. The molecule has 3 aromatic rings. The number of carbonyl (C=O) groups is 6. The van der Waals surface area contributed by atoms with E-state index in [0.717, 1.165) is 23.6 Å². The lowest BCUT2D eigenvalue weighted by Gasteiger charge is -2.22. The average Bonchev–Trinajstić information content (AvgIpc) is 3.39. The molecule has 2 amide bonds. The Morgan fingerprint density at radius 2 is 0.875 bits per heavy atom. The molecule has 0 saturated carbocycles. The zero-order valence-electron chi connectivity index (χ0n) is 20.8. The number of phenolic OH excluding ortho intramolecular Hbond substituents is 2. The summed E-state index contributed by atoms with van der Waals surface area (Å²) in [7, 11) is 0. The number of Topliss-reactive ketones (excluding diaryl/α,β-unsaturated/α-hetero) is 2. The van der Waals surface area contributed by atoms with Crippen molar-refractivity contribution in [3.8, 4) is 11.5 Å². The Bertz CT molecular complexity index is 1720. The van der Waals surface area contributed by atoms with Crippen LogP contribution in [0.3, 0.4) is 0 Å². The minimum Gasteiger partial charge on any atom is -0.505 e. The topological polar surface area (TPSA) is 190 Å². The molecule has 0 radical (unpaired) electrons. The van der Waals surface area contributed by atoms with Crippen molar-refractivity contribution in [2.45, 2.75) is 13.8 Å². The van der Waals surface area contributed by atoms with Crippen molar-refractivity contribution in [3.63, 3.8) is 0 Å². The van der Waals surface area contributed by atoms with Crippen molar-refractivity contribution in [2.75, 3.05) is 9.80 Å². The third-order valence-electron chi connectivity index (χ3n) is 6.63. The second kappa shape index (κ2) is 8.91. The van der Waals surface area contributed by atoms with Crippen molar-refractivity contribution in [2.24, 2.45) is 0 Å². The van der Waals surface area contributed by atoms with E-state index in [1.54, 1.807) is 0 Å². The van der Waals surface area contributed by atoms with Gasteiger partial charge in [-0.2, -0.15) is 0 Å². The van der Waals surface area contributed by atoms with E-state index in [9.17, 15) is 49.2 Å². The van der Waals surface area contributed by atoms with Crippen LogP contribution in [0.1, 0.15) is 34.6 Å². The van der Waals surface area contributed by atoms with Gasteiger partial charge in [0.1, 0.15) is 11.4 Å². The van der Waals surface area contributed by atoms with Crippen LogP contribution >= 0.6 is 0 Å². The van der Waals surface area contributed by atoms with Crippen LogP contribution in [0.5, 0.6) is 11.5 Å². The SMILES string of the molecule is CC(=O)C1=c2c(O)c3c(c(O)c2N(c2ccc(C(=O)O)cc2)C1=O)=C(C(C)=O)C(=O)N3c1ccc(C(=O)O)cc1. The highest BCUT2D eigenvalue weighted by atomic mass is 16.4. The maximum absolute atomic E-state index is 13.5. The van der Waals surface area contributed by atoms with E-state index in [1.165, 1.54) is 48.5 Å². The molecule has 40 heavy (non-hydrogen) atoms. The van der Waals surface area contributed by atoms with Gasteiger partial charge in [0.05, 0.1) is 32.7 Å². The molecule has 200 valence electrons. The van der Waals surface area contributed by atoms with Crippen LogP contribution in [0.15, 0.2) is 48.5 Å². The first-order chi connectivity index (χ1) is 18.9. The summed E-state index contributed by atoms with van der Waals surface area (Å²) in [6.45, 7) is 2.14. The van der Waals surface area contributed by atoms with Crippen LogP contribution in [0, 0.1) is 0 Å². The fourth-order valence-corrected chi connectivity index (χ4v) is 4.90. The van der Waals surface area contributed by atoms with Gasteiger partial charge < -0.3 is 20.4 Å². The van der Waals surface area contributed by atoms with Gasteiger partial charge in [-0.05, 0) is 62.4 Å². The Kier molecular flexibility index (Phi) is 5.76. The van der Waals surface area contributed by atoms with Gasteiger partial charge in [-0.25, -0.2) is 9.59 Å². The van der Waals surface area contributed by atoms with E-state index >= 15 is 0 Å². The summed E-state index contributed by atoms with van der Waals surface area (Å²) in [6, 6.07) is 9.81. The maximum atomic E-state index is 13.5. The fraction of sp³-hybridized carbons (Fsp3) is 0.0714. The summed E-state index contributed by atoms with van der Waals surface area (Å²) in [5.74, 6) is -7.39. The summed E-state index contributed by atoms with van der Waals surface area (Å²) >= 11 is 0. The van der Waals surface area contributed by atoms with Crippen LogP contribution in [0.4, 0.5) is 22.7 Å². The molecule has 4 N–H and O–H groups in total. The summed E-state index contributed by atoms with van der Waals surface area (Å²) in [5, 5.41) is 40.7. The van der Waals surface area contributed by atoms with Gasteiger partial charge >= 0.3 is 11.9 Å². The van der Waals surface area contributed by atoms with Crippen LogP contribution in [0.25, 0.3) is 11.1 Å². The molecule has 0 bridgehead atoms. The smallest absolute Gasteiger partial charge is 0.335 e. The highest BCUT2D eigenvalue weighted by Crippen LogP contribution is 2.43. The van der Waals surface area contributed by atoms with E-state index in [0.29, 0.717) is 0 Å². The second-order valence-corrected chi connectivity index (χ2v) is 8.99. The molecule has 0 fully saturated rings. The number of benzene rings is 3. The number of aromatic hydroxyl groups is 2. The molecule has 0 atom stereocenters. The molecule has 0 unspecified atom stereocenters. The molecule has 3 aromatic carbocycles. The molecule has 2 heterocycles. The van der Waals surface area contributed by atoms with Crippen molar-refractivity contribution < 1.29 is 49.2 Å². The third kappa shape index (κ3) is 3.54. The monoisotopic (exact) mass is 542 g/mol. The number of anilines is 4. The Balaban J connectivity index is 1.87. The minimum absolute atomic E-state index is 0.0389. The van der Waals surface area contributed by atoms with E-state index in [4.69, 9.17) is 0 Å². The molecule has 0 spiro atoms. The number of hydrogen-bond donors (Lipinski definition) is 4. The molecule has 0 aliphatic carbocycles. The molecule has 0 saturated heterocycles. The van der Waals surface area contributed by atoms with Gasteiger partial charge in [-0.15, -0.1) is 0 Å². The van der Waals surface area contributed by atoms with E-state index in [2.05, 4.69) is 0 Å². The number of carbonyl (C=O) groups excluding carboxylic acids is 4. The number of nitrogens with zero attached hydrogens (tertiary/aromatic N) is 2. The predicted octanol–water partition coefficient (Wildman–Crippen LogP) is 1.33. The molecule has 12 heteroatoms. The van der Waals surface area contributed by atoms with Crippen LogP contribution < -0.4 is 20.2 Å². The number of amides is 2. The number of carboxylic acids is 2. The maximum Gasteiger partial charge on any atom is 0.335 e.